The lowest BCUT2D eigenvalue weighted by atomic mass is 10.2. The molecule has 0 saturated carbocycles. The summed E-state index contributed by atoms with van der Waals surface area (Å²) >= 11 is 9.90. The van der Waals surface area contributed by atoms with E-state index in [1.54, 1.807) is 42.5 Å². The van der Waals surface area contributed by atoms with E-state index in [1.807, 2.05) is 0 Å². The number of amides is 4. The number of carbonyl (C=O) groups is 4. The molecule has 0 spiro atoms. The normalized spacial score (nSPS) is 14.8. The van der Waals surface area contributed by atoms with E-state index in [2.05, 4.69) is 21.2 Å². The molecule has 11 heteroatoms. The summed E-state index contributed by atoms with van der Waals surface area (Å²) in [5, 5.41) is 2.70. The van der Waals surface area contributed by atoms with E-state index in [1.165, 1.54) is 6.08 Å². The molecular weight excluding hydrogens is 510 g/mol. The predicted molar refractivity (Wildman–Crippen MR) is 122 cm³/mol. The Morgan fingerprint density at radius 1 is 1.19 bits per heavy atom. The Morgan fingerprint density at radius 3 is 2.55 bits per heavy atom. The molecule has 0 unspecified atom stereocenters. The van der Waals surface area contributed by atoms with Crippen LogP contribution >= 0.6 is 39.3 Å². The molecule has 1 aliphatic heterocycles. The van der Waals surface area contributed by atoms with Gasteiger partial charge in [-0.3, -0.25) is 24.1 Å². The quantitative estimate of drug-likeness (QED) is 0.534. The second-order valence-electron chi connectivity index (χ2n) is 6.27. The van der Waals surface area contributed by atoms with Crippen molar-refractivity contribution in [2.75, 3.05) is 18.5 Å². The van der Waals surface area contributed by atoms with Crippen molar-refractivity contribution in [3.8, 4) is 5.75 Å². The smallest absolute Gasteiger partial charge is 0.294 e. The Bertz CT molecular complexity index is 1090. The van der Waals surface area contributed by atoms with Crippen molar-refractivity contribution in [1.82, 2.24) is 4.90 Å². The van der Waals surface area contributed by atoms with Crippen LogP contribution < -0.4 is 15.8 Å². The summed E-state index contributed by atoms with van der Waals surface area (Å²) in [7, 11) is 0. The molecule has 2 aromatic rings. The van der Waals surface area contributed by atoms with Gasteiger partial charge in [0.05, 0.1) is 9.38 Å². The number of anilines is 1. The maximum Gasteiger partial charge on any atom is 0.294 e. The van der Waals surface area contributed by atoms with Crippen LogP contribution in [0.4, 0.5) is 10.5 Å². The first-order valence-electron chi connectivity index (χ1n) is 8.74. The predicted octanol–water partition coefficient (Wildman–Crippen LogP) is 3.64. The molecule has 1 fully saturated rings. The van der Waals surface area contributed by atoms with Crippen molar-refractivity contribution in [3.05, 3.63) is 62.4 Å². The number of primary amides is 1. The number of rotatable bonds is 7. The summed E-state index contributed by atoms with van der Waals surface area (Å²) in [6, 6.07) is 11.6. The average molecular weight is 525 g/mol. The lowest BCUT2D eigenvalue weighted by Crippen LogP contribution is -2.36. The zero-order valence-corrected chi connectivity index (χ0v) is 18.9. The van der Waals surface area contributed by atoms with Crippen molar-refractivity contribution in [3.63, 3.8) is 0 Å². The summed E-state index contributed by atoms with van der Waals surface area (Å²) in [6.07, 6.45) is 1.52. The Morgan fingerprint density at radius 2 is 1.90 bits per heavy atom. The van der Waals surface area contributed by atoms with Crippen LogP contribution in [-0.4, -0.2) is 41.0 Å². The molecule has 0 radical (unpaired) electrons. The highest BCUT2D eigenvalue weighted by atomic mass is 79.9. The van der Waals surface area contributed by atoms with E-state index in [9.17, 15) is 19.2 Å². The van der Waals surface area contributed by atoms with Crippen LogP contribution in [-0.2, 0) is 14.4 Å². The van der Waals surface area contributed by atoms with Gasteiger partial charge in [-0.1, -0.05) is 17.7 Å². The molecule has 0 atom stereocenters. The molecule has 3 rings (SSSR count). The van der Waals surface area contributed by atoms with Gasteiger partial charge < -0.3 is 15.8 Å². The summed E-state index contributed by atoms with van der Waals surface area (Å²) in [6.45, 7) is -0.677. The summed E-state index contributed by atoms with van der Waals surface area (Å²) < 4.78 is 6.08. The van der Waals surface area contributed by atoms with Gasteiger partial charge in [-0.15, -0.1) is 0 Å². The molecule has 8 nitrogen and oxygen atoms in total. The van der Waals surface area contributed by atoms with Gasteiger partial charge in [0.25, 0.3) is 17.1 Å². The zero-order chi connectivity index (χ0) is 22.5. The lowest BCUT2D eigenvalue weighted by Gasteiger charge is -2.10. The molecule has 0 bridgehead atoms. The van der Waals surface area contributed by atoms with Crippen LogP contribution in [0.2, 0.25) is 5.02 Å². The Hall–Kier alpha value is -2.82. The fourth-order valence-electron chi connectivity index (χ4n) is 2.54. The van der Waals surface area contributed by atoms with Gasteiger partial charge in [0.1, 0.15) is 12.3 Å². The second-order valence-corrected chi connectivity index (χ2v) is 8.55. The highest BCUT2D eigenvalue weighted by Gasteiger charge is 2.35. The van der Waals surface area contributed by atoms with Crippen LogP contribution in [0.3, 0.4) is 0 Å². The number of nitrogens with zero attached hydrogens (tertiary/aromatic N) is 1. The third kappa shape index (κ3) is 6.09. The topological polar surface area (TPSA) is 119 Å². The van der Waals surface area contributed by atoms with E-state index < -0.39 is 23.6 Å². The minimum atomic E-state index is -0.770. The van der Waals surface area contributed by atoms with Gasteiger partial charge in [0.2, 0.25) is 5.91 Å². The first-order valence-corrected chi connectivity index (χ1v) is 10.7. The molecule has 0 aliphatic carbocycles. The van der Waals surface area contributed by atoms with Crippen LogP contribution in [0.5, 0.6) is 5.75 Å². The Balaban J connectivity index is 1.62. The van der Waals surface area contributed by atoms with Crippen LogP contribution in [0.15, 0.2) is 51.8 Å². The van der Waals surface area contributed by atoms with Gasteiger partial charge in [0, 0.05) is 10.7 Å². The molecule has 4 amide bonds. The number of halogens is 2. The summed E-state index contributed by atoms with van der Waals surface area (Å²) in [5.41, 5.74) is 6.28. The van der Waals surface area contributed by atoms with Gasteiger partial charge in [-0.25, -0.2) is 0 Å². The number of benzene rings is 2. The molecule has 3 N–H and O–H groups in total. The Kier molecular flexibility index (Phi) is 7.37. The van der Waals surface area contributed by atoms with Crippen LogP contribution in [0.1, 0.15) is 5.56 Å². The number of ether oxygens (including phenoxy) is 1. The number of nitrogens with two attached hydrogens (primary N) is 1. The standard InChI is InChI=1S/C20H15BrClN3O5S/c21-14-7-11(8-16-19(28)25(9-17(23)26)20(29)31-16)1-6-15(14)30-10-18(27)24-13-4-2-12(22)3-5-13/h1-8H,9-10H2,(H2,23,26)(H,24,27)/b16-8-. The van der Waals surface area contributed by atoms with Crippen molar-refractivity contribution < 1.29 is 23.9 Å². The highest BCUT2D eigenvalue weighted by Crippen LogP contribution is 2.33. The molecule has 1 heterocycles. The lowest BCUT2D eigenvalue weighted by molar-refractivity contribution is -0.127. The summed E-state index contributed by atoms with van der Waals surface area (Å²) in [4.78, 5) is 48.2. The number of nitrogens with one attached hydrogen (secondary N) is 1. The zero-order valence-electron chi connectivity index (χ0n) is 15.8. The number of hydrogen-bond acceptors (Lipinski definition) is 6. The van der Waals surface area contributed by atoms with Crippen LogP contribution in [0.25, 0.3) is 6.08 Å². The summed E-state index contributed by atoms with van der Waals surface area (Å²) in [5.74, 6) is -1.27. The van der Waals surface area contributed by atoms with Gasteiger partial charge in [-0.2, -0.15) is 0 Å². The van der Waals surface area contributed by atoms with Crippen molar-refractivity contribution in [2.45, 2.75) is 0 Å². The minimum absolute atomic E-state index is 0.175. The van der Waals surface area contributed by atoms with E-state index in [-0.39, 0.29) is 17.4 Å². The molecule has 31 heavy (non-hydrogen) atoms. The molecule has 0 aromatic heterocycles. The highest BCUT2D eigenvalue weighted by molar-refractivity contribution is 9.10. The number of hydrogen-bond donors (Lipinski definition) is 2. The average Bonchev–Trinajstić information content (AvgIpc) is 2.96. The Labute approximate surface area is 194 Å². The minimum Gasteiger partial charge on any atom is -0.483 e. The first kappa shape index (κ1) is 22.9. The third-order valence-electron chi connectivity index (χ3n) is 3.93. The molecule has 1 saturated heterocycles. The second kappa shape index (κ2) is 9.99. The first-order chi connectivity index (χ1) is 14.7. The number of carbonyl (C=O) groups excluding carboxylic acids is 4. The molecular formula is C20H15BrClN3O5S. The third-order valence-corrected chi connectivity index (χ3v) is 5.71. The van der Waals surface area contributed by atoms with E-state index >= 15 is 0 Å². The van der Waals surface area contributed by atoms with Crippen LogP contribution in [0, 0.1) is 0 Å². The van der Waals surface area contributed by atoms with E-state index in [4.69, 9.17) is 22.1 Å². The maximum atomic E-state index is 12.3. The van der Waals surface area contributed by atoms with Crippen molar-refractivity contribution in [1.29, 1.82) is 0 Å². The monoisotopic (exact) mass is 523 g/mol. The SMILES string of the molecule is NC(=O)CN1C(=O)S/C(=C\c2ccc(OCC(=O)Nc3ccc(Cl)cc3)c(Br)c2)C1=O. The van der Waals surface area contributed by atoms with Gasteiger partial charge in [-0.05, 0) is 75.7 Å². The fourth-order valence-corrected chi connectivity index (χ4v) is 4.02. The van der Waals surface area contributed by atoms with Crippen molar-refractivity contribution >= 4 is 74.0 Å². The van der Waals surface area contributed by atoms with Crippen molar-refractivity contribution in [2.24, 2.45) is 5.73 Å². The van der Waals surface area contributed by atoms with Gasteiger partial charge >= 0.3 is 0 Å². The van der Waals surface area contributed by atoms with Gasteiger partial charge in [0.15, 0.2) is 6.61 Å². The largest absolute Gasteiger partial charge is 0.483 e. The fraction of sp³-hybridized carbons (Fsp3) is 0.100. The molecule has 2 aromatic carbocycles. The number of thioether (sulfide) groups is 1. The van der Waals surface area contributed by atoms with E-state index in [0.29, 0.717) is 26.5 Å². The molecule has 1 aliphatic rings. The maximum absolute atomic E-state index is 12.3. The molecule has 160 valence electrons. The van der Waals surface area contributed by atoms with E-state index in [0.717, 1.165) is 16.7 Å². The number of imide groups is 1.